The van der Waals surface area contributed by atoms with Crippen molar-refractivity contribution in [2.24, 2.45) is 0 Å². The summed E-state index contributed by atoms with van der Waals surface area (Å²) in [7, 11) is 2.63. The average Bonchev–Trinajstić information content (AvgIpc) is 2.72. The normalized spacial score (nSPS) is 11.8. The highest BCUT2D eigenvalue weighted by atomic mass is 16.5. The zero-order valence-corrected chi connectivity index (χ0v) is 15.4. The Morgan fingerprint density at radius 1 is 0.704 bits per heavy atom. The first-order chi connectivity index (χ1) is 13.1. The van der Waals surface area contributed by atoms with Crippen molar-refractivity contribution >= 4 is 24.1 Å². The molecule has 0 N–H and O–H groups in total. The van der Waals surface area contributed by atoms with Crippen LogP contribution in [-0.4, -0.2) is 39.4 Å². The van der Waals surface area contributed by atoms with E-state index in [9.17, 15) is 9.59 Å². The van der Waals surface area contributed by atoms with E-state index in [0.717, 1.165) is 11.1 Å². The summed E-state index contributed by atoms with van der Waals surface area (Å²) < 4.78 is 15.2. The molecule has 0 atom stereocenters. The number of methoxy groups -OCH3 is 2. The van der Waals surface area contributed by atoms with Gasteiger partial charge in [0.25, 0.3) is 0 Å². The zero-order chi connectivity index (χ0) is 19.5. The molecule has 0 spiro atoms. The third-order valence-corrected chi connectivity index (χ3v) is 3.69. The molecule has 0 aromatic heterocycles. The van der Waals surface area contributed by atoms with E-state index >= 15 is 0 Å². The number of benzene rings is 2. The summed E-state index contributed by atoms with van der Waals surface area (Å²) in [5.74, 6) is -0.962. The molecule has 0 aliphatic carbocycles. The largest absolute Gasteiger partial charge is 0.466 e. The van der Waals surface area contributed by atoms with E-state index in [1.54, 1.807) is 12.2 Å². The van der Waals surface area contributed by atoms with E-state index in [4.69, 9.17) is 14.2 Å². The topological polar surface area (TPSA) is 61.8 Å². The minimum Gasteiger partial charge on any atom is -0.466 e. The van der Waals surface area contributed by atoms with Crippen molar-refractivity contribution in [3.63, 3.8) is 0 Å². The SMILES string of the molecule is COC(=O)/C(=C/c1ccccc1)COC/C(=C\c1ccccc1)C(=O)OC. The van der Waals surface area contributed by atoms with Crippen molar-refractivity contribution in [1.29, 1.82) is 0 Å². The van der Waals surface area contributed by atoms with Crippen LogP contribution in [-0.2, 0) is 23.8 Å². The van der Waals surface area contributed by atoms with E-state index in [-0.39, 0.29) is 13.2 Å². The molecule has 0 aliphatic rings. The van der Waals surface area contributed by atoms with Crippen LogP contribution in [0, 0.1) is 0 Å². The van der Waals surface area contributed by atoms with Gasteiger partial charge in [-0.05, 0) is 23.3 Å². The summed E-state index contributed by atoms with van der Waals surface area (Å²) in [5, 5.41) is 0. The number of carbonyl (C=O) groups excluding carboxylic acids is 2. The zero-order valence-electron chi connectivity index (χ0n) is 15.4. The van der Waals surface area contributed by atoms with Crippen molar-refractivity contribution in [2.75, 3.05) is 27.4 Å². The third-order valence-electron chi connectivity index (χ3n) is 3.69. The van der Waals surface area contributed by atoms with Crippen LogP contribution >= 0.6 is 0 Å². The molecule has 0 radical (unpaired) electrons. The number of hydrogen-bond donors (Lipinski definition) is 0. The summed E-state index contributed by atoms with van der Waals surface area (Å²) in [6.45, 7) is 0.00931. The minimum absolute atomic E-state index is 0.00465. The first-order valence-corrected chi connectivity index (χ1v) is 8.39. The first kappa shape index (κ1) is 20.1. The van der Waals surface area contributed by atoms with E-state index in [2.05, 4.69) is 0 Å². The Balaban J connectivity index is 2.11. The van der Waals surface area contributed by atoms with Gasteiger partial charge in [0.1, 0.15) is 0 Å². The minimum atomic E-state index is -0.481. The molecular formula is C22H22O5. The highest BCUT2D eigenvalue weighted by molar-refractivity contribution is 5.94. The van der Waals surface area contributed by atoms with Gasteiger partial charge in [-0.25, -0.2) is 9.59 Å². The molecular weight excluding hydrogens is 344 g/mol. The third kappa shape index (κ3) is 6.56. The lowest BCUT2D eigenvalue weighted by atomic mass is 10.1. The fraction of sp³-hybridized carbons (Fsp3) is 0.182. The molecule has 2 rings (SSSR count). The van der Waals surface area contributed by atoms with Crippen LogP contribution in [0.3, 0.4) is 0 Å². The van der Waals surface area contributed by atoms with E-state index in [1.807, 2.05) is 60.7 Å². The first-order valence-electron chi connectivity index (χ1n) is 8.39. The summed E-state index contributed by atoms with van der Waals surface area (Å²) in [6, 6.07) is 18.8. The van der Waals surface area contributed by atoms with Gasteiger partial charge in [0.15, 0.2) is 0 Å². The number of ether oxygens (including phenoxy) is 3. The maximum atomic E-state index is 12.0. The Kier molecular flexibility index (Phi) is 8.00. The van der Waals surface area contributed by atoms with Gasteiger partial charge in [-0.1, -0.05) is 60.7 Å². The number of esters is 2. The van der Waals surface area contributed by atoms with Gasteiger partial charge in [-0.2, -0.15) is 0 Å². The lowest BCUT2D eigenvalue weighted by Gasteiger charge is -2.09. The molecule has 5 heteroatoms. The number of hydrogen-bond acceptors (Lipinski definition) is 5. The van der Waals surface area contributed by atoms with Crippen LogP contribution in [0.1, 0.15) is 11.1 Å². The number of rotatable bonds is 8. The number of carbonyl (C=O) groups is 2. The van der Waals surface area contributed by atoms with Gasteiger partial charge in [0, 0.05) is 0 Å². The summed E-state index contributed by atoms with van der Waals surface area (Å²) >= 11 is 0. The lowest BCUT2D eigenvalue weighted by molar-refractivity contribution is -0.136. The van der Waals surface area contributed by atoms with Crippen molar-refractivity contribution in [3.8, 4) is 0 Å². The standard InChI is InChI=1S/C22H22O5/c1-25-21(23)19(13-17-9-5-3-6-10-17)15-27-16-20(22(24)26-2)14-18-11-7-4-8-12-18/h3-14H,15-16H2,1-2H3/b19-13+,20-14+. The van der Waals surface area contributed by atoms with Gasteiger partial charge < -0.3 is 14.2 Å². The Morgan fingerprint density at radius 3 is 1.41 bits per heavy atom. The Bertz CT molecular complexity index is 738. The highest BCUT2D eigenvalue weighted by Crippen LogP contribution is 2.12. The molecule has 0 heterocycles. The Labute approximate surface area is 158 Å². The molecule has 0 fully saturated rings. The molecule has 0 bridgehead atoms. The van der Waals surface area contributed by atoms with Crippen LogP contribution in [0.4, 0.5) is 0 Å². The van der Waals surface area contributed by atoms with Crippen molar-refractivity contribution in [2.45, 2.75) is 0 Å². The molecule has 0 saturated heterocycles. The van der Waals surface area contributed by atoms with Crippen molar-refractivity contribution in [3.05, 3.63) is 82.9 Å². The second-order valence-electron chi connectivity index (χ2n) is 5.64. The second-order valence-corrected chi connectivity index (χ2v) is 5.64. The maximum Gasteiger partial charge on any atom is 0.336 e. The van der Waals surface area contributed by atoms with Gasteiger partial charge >= 0.3 is 11.9 Å². The quantitative estimate of drug-likeness (QED) is 0.528. The van der Waals surface area contributed by atoms with E-state index in [0.29, 0.717) is 11.1 Å². The van der Waals surface area contributed by atoms with Crippen LogP contribution < -0.4 is 0 Å². The van der Waals surface area contributed by atoms with Gasteiger partial charge in [0.05, 0.1) is 38.6 Å². The fourth-order valence-corrected chi connectivity index (χ4v) is 2.35. The molecule has 27 heavy (non-hydrogen) atoms. The van der Waals surface area contributed by atoms with Crippen molar-refractivity contribution < 1.29 is 23.8 Å². The molecule has 0 aliphatic heterocycles. The predicted octanol–water partition coefficient (Wildman–Crippen LogP) is 3.52. The molecule has 0 unspecified atom stereocenters. The van der Waals surface area contributed by atoms with E-state index in [1.165, 1.54) is 14.2 Å². The average molecular weight is 366 g/mol. The predicted molar refractivity (Wildman–Crippen MR) is 104 cm³/mol. The highest BCUT2D eigenvalue weighted by Gasteiger charge is 2.14. The van der Waals surface area contributed by atoms with Gasteiger partial charge in [-0.3, -0.25) is 0 Å². The molecule has 5 nitrogen and oxygen atoms in total. The lowest BCUT2D eigenvalue weighted by Crippen LogP contribution is -2.15. The van der Waals surface area contributed by atoms with Crippen LogP contribution in [0.2, 0.25) is 0 Å². The monoisotopic (exact) mass is 366 g/mol. The maximum absolute atomic E-state index is 12.0. The second kappa shape index (κ2) is 10.7. The summed E-state index contributed by atoms with van der Waals surface area (Å²) in [6.07, 6.45) is 3.40. The van der Waals surface area contributed by atoms with Gasteiger partial charge in [0.2, 0.25) is 0 Å². The van der Waals surface area contributed by atoms with E-state index < -0.39 is 11.9 Å². The summed E-state index contributed by atoms with van der Waals surface area (Å²) in [4.78, 5) is 24.0. The molecule has 2 aromatic rings. The van der Waals surface area contributed by atoms with Crippen LogP contribution in [0.15, 0.2) is 71.8 Å². The molecule has 0 amide bonds. The summed E-state index contributed by atoms with van der Waals surface area (Å²) in [5.41, 5.74) is 2.42. The molecule has 140 valence electrons. The molecule has 0 saturated carbocycles. The van der Waals surface area contributed by atoms with Crippen LogP contribution in [0.5, 0.6) is 0 Å². The smallest absolute Gasteiger partial charge is 0.336 e. The van der Waals surface area contributed by atoms with Crippen LogP contribution in [0.25, 0.3) is 12.2 Å². The van der Waals surface area contributed by atoms with Crippen molar-refractivity contribution in [1.82, 2.24) is 0 Å². The van der Waals surface area contributed by atoms with Gasteiger partial charge in [-0.15, -0.1) is 0 Å². The fourth-order valence-electron chi connectivity index (χ4n) is 2.35. The Morgan fingerprint density at radius 2 is 1.07 bits per heavy atom. The Hall–Kier alpha value is -3.18. The molecule has 2 aromatic carbocycles.